The molecule has 0 atom stereocenters. The molecule has 0 saturated carbocycles. The first-order valence-corrected chi connectivity index (χ1v) is 5.74. The number of hydrogen-bond acceptors (Lipinski definition) is 1. The molecule has 0 unspecified atom stereocenters. The van der Waals surface area contributed by atoms with Crippen LogP contribution < -0.4 is 0 Å². The predicted octanol–water partition coefficient (Wildman–Crippen LogP) is 3.86. The predicted molar refractivity (Wildman–Crippen MR) is 73.5 cm³/mol. The first-order valence-electron chi connectivity index (χ1n) is 5.74. The highest BCUT2D eigenvalue weighted by Crippen LogP contribution is 2.13. The Bertz CT molecular complexity index is 598. The van der Waals surface area contributed by atoms with E-state index in [9.17, 15) is 4.79 Å². The third kappa shape index (κ3) is 2.86. The van der Waals surface area contributed by atoms with E-state index >= 15 is 0 Å². The monoisotopic (exact) mass is 238 g/mol. The second kappa shape index (κ2) is 5.32. The van der Waals surface area contributed by atoms with Crippen LogP contribution >= 0.6 is 0 Å². The van der Waals surface area contributed by atoms with Crippen LogP contribution in [0.25, 0.3) is 12.2 Å². The fourth-order valence-corrected chi connectivity index (χ4v) is 1.74. The number of carboxylic acids is 1. The molecule has 0 saturated heterocycles. The van der Waals surface area contributed by atoms with Crippen molar-refractivity contribution in [1.82, 2.24) is 0 Å². The van der Waals surface area contributed by atoms with Crippen LogP contribution in [0, 0.1) is 6.92 Å². The van der Waals surface area contributed by atoms with Gasteiger partial charge in [-0.2, -0.15) is 0 Å². The molecular formula is C16H14O2. The lowest BCUT2D eigenvalue weighted by atomic mass is 10.1. The highest BCUT2D eigenvalue weighted by Gasteiger charge is 2.01. The minimum Gasteiger partial charge on any atom is -0.478 e. The molecule has 0 aromatic heterocycles. The van der Waals surface area contributed by atoms with Crippen molar-refractivity contribution in [3.8, 4) is 0 Å². The van der Waals surface area contributed by atoms with E-state index in [4.69, 9.17) is 5.11 Å². The van der Waals surface area contributed by atoms with E-state index in [1.165, 1.54) is 5.56 Å². The average molecular weight is 238 g/mol. The highest BCUT2D eigenvalue weighted by molar-refractivity contribution is 5.88. The summed E-state index contributed by atoms with van der Waals surface area (Å²) >= 11 is 0. The van der Waals surface area contributed by atoms with Gasteiger partial charge in [0, 0.05) is 0 Å². The Kier molecular flexibility index (Phi) is 3.58. The normalized spacial score (nSPS) is 10.7. The van der Waals surface area contributed by atoms with Gasteiger partial charge in [0.1, 0.15) is 0 Å². The number of hydrogen-bond donors (Lipinski definition) is 1. The van der Waals surface area contributed by atoms with Gasteiger partial charge in [-0.3, -0.25) is 0 Å². The van der Waals surface area contributed by atoms with Crippen LogP contribution in [-0.4, -0.2) is 11.1 Å². The summed E-state index contributed by atoms with van der Waals surface area (Å²) in [7, 11) is 0. The molecule has 0 bridgehead atoms. The summed E-state index contributed by atoms with van der Waals surface area (Å²) in [5, 5.41) is 8.91. The Morgan fingerprint density at radius 2 is 1.83 bits per heavy atom. The molecular weight excluding hydrogens is 224 g/mol. The minimum atomic E-state index is -0.902. The summed E-state index contributed by atoms with van der Waals surface area (Å²) in [5.74, 6) is -0.902. The van der Waals surface area contributed by atoms with Crippen molar-refractivity contribution in [2.75, 3.05) is 0 Å². The molecule has 2 aromatic carbocycles. The van der Waals surface area contributed by atoms with Crippen LogP contribution in [0.5, 0.6) is 0 Å². The van der Waals surface area contributed by atoms with E-state index in [0.717, 1.165) is 11.1 Å². The molecule has 0 aliphatic rings. The zero-order valence-electron chi connectivity index (χ0n) is 10.1. The summed E-state index contributed by atoms with van der Waals surface area (Å²) in [6.45, 7) is 2.05. The van der Waals surface area contributed by atoms with Gasteiger partial charge in [-0.05, 0) is 35.7 Å². The maximum absolute atomic E-state index is 10.9. The van der Waals surface area contributed by atoms with Crippen LogP contribution in [0.3, 0.4) is 0 Å². The Morgan fingerprint density at radius 3 is 2.56 bits per heavy atom. The van der Waals surface area contributed by atoms with Gasteiger partial charge in [-0.25, -0.2) is 4.79 Å². The lowest BCUT2D eigenvalue weighted by Gasteiger charge is -1.99. The van der Waals surface area contributed by atoms with Gasteiger partial charge >= 0.3 is 5.97 Å². The smallest absolute Gasteiger partial charge is 0.335 e. The van der Waals surface area contributed by atoms with E-state index in [0.29, 0.717) is 5.56 Å². The Morgan fingerprint density at radius 1 is 1.06 bits per heavy atom. The first-order chi connectivity index (χ1) is 8.66. The maximum atomic E-state index is 10.9. The van der Waals surface area contributed by atoms with E-state index in [-0.39, 0.29) is 0 Å². The Labute approximate surface area is 106 Å². The number of carboxylic acid groups (broad SMARTS) is 1. The quantitative estimate of drug-likeness (QED) is 0.824. The van der Waals surface area contributed by atoms with Crippen LogP contribution in [0.15, 0.2) is 48.5 Å². The third-order valence-corrected chi connectivity index (χ3v) is 2.78. The molecule has 90 valence electrons. The van der Waals surface area contributed by atoms with Gasteiger partial charge in [0.05, 0.1) is 5.56 Å². The van der Waals surface area contributed by atoms with Gasteiger partial charge in [-0.15, -0.1) is 0 Å². The second-order valence-corrected chi connectivity index (χ2v) is 4.12. The van der Waals surface area contributed by atoms with Gasteiger partial charge in [-0.1, -0.05) is 48.6 Å². The van der Waals surface area contributed by atoms with Gasteiger partial charge < -0.3 is 5.11 Å². The average Bonchev–Trinajstić information content (AvgIpc) is 2.38. The highest BCUT2D eigenvalue weighted by atomic mass is 16.4. The molecule has 2 rings (SSSR count). The summed E-state index contributed by atoms with van der Waals surface area (Å²) in [6.07, 6.45) is 3.92. The molecule has 18 heavy (non-hydrogen) atoms. The van der Waals surface area contributed by atoms with Gasteiger partial charge in [0.25, 0.3) is 0 Å². The molecule has 1 N–H and O–H groups in total. The minimum absolute atomic E-state index is 0.307. The van der Waals surface area contributed by atoms with Crippen LogP contribution in [0.4, 0.5) is 0 Å². The standard InChI is InChI=1S/C16H14O2/c1-12-5-2-3-7-14(12)10-9-13-6-4-8-15(11-13)16(17)18/h2-11H,1H3,(H,17,18)/b10-9+. The fourth-order valence-electron chi connectivity index (χ4n) is 1.74. The SMILES string of the molecule is Cc1ccccc1/C=C/c1cccc(C(=O)O)c1. The Hall–Kier alpha value is -2.35. The fraction of sp³-hybridized carbons (Fsp3) is 0.0625. The van der Waals surface area contributed by atoms with Crippen molar-refractivity contribution in [2.24, 2.45) is 0 Å². The summed E-state index contributed by atoms with van der Waals surface area (Å²) in [5.41, 5.74) is 3.53. The van der Waals surface area contributed by atoms with E-state index < -0.39 is 5.97 Å². The maximum Gasteiger partial charge on any atom is 0.335 e. The summed E-state index contributed by atoms with van der Waals surface area (Å²) < 4.78 is 0. The number of benzene rings is 2. The summed E-state index contributed by atoms with van der Waals surface area (Å²) in [4.78, 5) is 10.9. The Balaban J connectivity index is 2.27. The largest absolute Gasteiger partial charge is 0.478 e. The molecule has 2 heteroatoms. The van der Waals surface area contributed by atoms with Gasteiger partial charge in [0.2, 0.25) is 0 Å². The van der Waals surface area contributed by atoms with Crippen molar-refractivity contribution < 1.29 is 9.90 Å². The van der Waals surface area contributed by atoms with Crippen molar-refractivity contribution in [1.29, 1.82) is 0 Å². The van der Waals surface area contributed by atoms with E-state index in [1.807, 2.05) is 49.4 Å². The number of carbonyl (C=O) groups is 1. The molecule has 0 heterocycles. The molecule has 0 amide bonds. The molecule has 0 fully saturated rings. The van der Waals surface area contributed by atoms with Crippen LogP contribution in [0.2, 0.25) is 0 Å². The number of aryl methyl sites for hydroxylation is 1. The van der Waals surface area contributed by atoms with E-state index in [1.54, 1.807) is 18.2 Å². The first kappa shape index (κ1) is 12.1. The topological polar surface area (TPSA) is 37.3 Å². The van der Waals surface area contributed by atoms with Crippen LogP contribution in [0.1, 0.15) is 27.0 Å². The number of rotatable bonds is 3. The van der Waals surface area contributed by atoms with Crippen LogP contribution in [-0.2, 0) is 0 Å². The second-order valence-electron chi connectivity index (χ2n) is 4.12. The molecule has 0 radical (unpaired) electrons. The molecule has 0 spiro atoms. The van der Waals surface area contributed by atoms with Crippen molar-refractivity contribution in [3.63, 3.8) is 0 Å². The zero-order valence-corrected chi connectivity index (χ0v) is 10.1. The van der Waals surface area contributed by atoms with Crippen molar-refractivity contribution in [3.05, 3.63) is 70.8 Å². The molecule has 0 aliphatic carbocycles. The van der Waals surface area contributed by atoms with Crippen molar-refractivity contribution >= 4 is 18.1 Å². The zero-order chi connectivity index (χ0) is 13.0. The van der Waals surface area contributed by atoms with E-state index in [2.05, 4.69) is 0 Å². The molecule has 0 aliphatic heterocycles. The lowest BCUT2D eigenvalue weighted by molar-refractivity contribution is 0.0697. The third-order valence-electron chi connectivity index (χ3n) is 2.78. The van der Waals surface area contributed by atoms with Crippen molar-refractivity contribution in [2.45, 2.75) is 6.92 Å². The number of aromatic carboxylic acids is 1. The molecule has 2 aromatic rings. The lowest BCUT2D eigenvalue weighted by Crippen LogP contribution is -1.95. The van der Waals surface area contributed by atoms with Gasteiger partial charge in [0.15, 0.2) is 0 Å². The molecule has 2 nitrogen and oxygen atoms in total. The summed E-state index contributed by atoms with van der Waals surface area (Å²) in [6, 6.07) is 15.0.